The fourth-order valence-corrected chi connectivity index (χ4v) is 2.99. The Balaban J connectivity index is 1.82. The van der Waals surface area contributed by atoms with Crippen molar-refractivity contribution in [1.82, 2.24) is 0 Å². The molecule has 0 aliphatic carbocycles. The van der Waals surface area contributed by atoms with Crippen molar-refractivity contribution in [2.75, 3.05) is 24.3 Å². The van der Waals surface area contributed by atoms with E-state index in [1.54, 1.807) is 18.2 Å². The van der Waals surface area contributed by atoms with Gasteiger partial charge in [0.15, 0.2) is 6.10 Å². The summed E-state index contributed by atoms with van der Waals surface area (Å²) in [6, 6.07) is 14.6. The van der Waals surface area contributed by atoms with Crippen LogP contribution >= 0.6 is 11.8 Å². The second-order valence-electron chi connectivity index (χ2n) is 5.74. The monoisotopic (exact) mass is 403 g/mol. The standard InChI is InChI=1S/C21H25NO5S/c1-4-25-16-10-12-17(13-11-16)28-14-20(23)27-15(3)21(24)22-18-8-6-7-9-19(18)26-5-2/h6-13,15H,4-5,14H2,1-3H3,(H,22,24)/t15-/m1/s1. The molecule has 0 unspecified atom stereocenters. The van der Waals surface area contributed by atoms with Gasteiger partial charge in [-0.2, -0.15) is 0 Å². The molecule has 0 saturated heterocycles. The number of para-hydroxylation sites is 2. The molecule has 2 aromatic carbocycles. The number of anilines is 1. The highest BCUT2D eigenvalue weighted by atomic mass is 32.2. The van der Waals surface area contributed by atoms with Gasteiger partial charge >= 0.3 is 5.97 Å². The number of thioether (sulfide) groups is 1. The second kappa shape index (κ2) is 11.2. The van der Waals surface area contributed by atoms with Crippen molar-refractivity contribution >= 4 is 29.3 Å². The lowest BCUT2D eigenvalue weighted by Gasteiger charge is -2.15. The van der Waals surface area contributed by atoms with Gasteiger partial charge < -0.3 is 19.5 Å². The molecule has 0 saturated carbocycles. The second-order valence-corrected chi connectivity index (χ2v) is 6.79. The number of benzene rings is 2. The van der Waals surface area contributed by atoms with Crippen LogP contribution in [-0.4, -0.2) is 36.9 Å². The molecule has 0 aliphatic heterocycles. The van der Waals surface area contributed by atoms with Gasteiger partial charge in [-0.05, 0) is 57.2 Å². The number of rotatable bonds is 10. The van der Waals surface area contributed by atoms with Crippen molar-refractivity contribution in [2.24, 2.45) is 0 Å². The number of carbonyl (C=O) groups is 2. The maximum absolute atomic E-state index is 12.3. The zero-order valence-electron chi connectivity index (χ0n) is 16.3. The molecular weight excluding hydrogens is 378 g/mol. The van der Waals surface area contributed by atoms with Gasteiger partial charge in [-0.15, -0.1) is 11.8 Å². The predicted octanol–water partition coefficient (Wildman–Crippen LogP) is 4.15. The third-order valence-electron chi connectivity index (χ3n) is 3.61. The number of ether oxygens (including phenoxy) is 3. The fraction of sp³-hybridized carbons (Fsp3) is 0.333. The average molecular weight is 404 g/mol. The van der Waals surface area contributed by atoms with Crippen LogP contribution < -0.4 is 14.8 Å². The molecule has 0 fully saturated rings. The Bertz CT molecular complexity index is 779. The third kappa shape index (κ3) is 6.81. The van der Waals surface area contributed by atoms with E-state index in [9.17, 15) is 9.59 Å². The Morgan fingerprint density at radius 1 is 1.00 bits per heavy atom. The van der Waals surface area contributed by atoms with Crippen LogP contribution in [0, 0.1) is 0 Å². The number of nitrogens with one attached hydrogen (secondary N) is 1. The fourth-order valence-electron chi connectivity index (χ4n) is 2.31. The molecule has 1 atom stereocenters. The predicted molar refractivity (Wildman–Crippen MR) is 110 cm³/mol. The van der Waals surface area contributed by atoms with Crippen LogP contribution in [0.3, 0.4) is 0 Å². The van der Waals surface area contributed by atoms with Gasteiger partial charge in [0.05, 0.1) is 24.7 Å². The molecule has 7 heteroatoms. The lowest BCUT2D eigenvalue weighted by Crippen LogP contribution is -2.30. The molecule has 2 aromatic rings. The van der Waals surface area contributed by atoms with E-state index < -0.39 is 18.0 Å². The Hall–Kier alpha value is -2.67. The molecule has 0 heterocycles. The summed E-state index contributed by atoms with van der Waals surface area (Å²) in [7, 11) is 0. The molecule has 0 bridgehead atoms. The lowest BCUT2D eigenvalue weighted by atomic mass is 10.2. The Kier molecular flexibility index (Phi) is 8.68. The van der Waals surface area contributed by atoms with E-state index in [0.29, 0.717) is 24.7 Å². The van der Waals surface area contributed by atoms with Gasteiger partial charge in [0.1, 0.15) is 11.5 Å². The van der Waals surface area contributed by atoms with Crippen molar-refractivity contribution in [2.45, 2.75) is 31.8 Å². The van der Waals surface area contributed by atoms with Gasteiger partial charge in [-0.3, -0.25) is 9.59 Å². The highest BCUT2D eigenvalue weighted by Gasteiger charge is 2.19. The van der Waals surface area contributed by atoms with E-state index in [-0.39, 0.29) is 5.75 Å². The number of esters is 1. The first-order chi connectivity index (χ1) is 13.5. The minimum absolute atomic E-state index is 0.112. The zero-order chi connectivity index (χ0) is 20.4. The normalized spacial score (nSPS) is 11.4. The van der Waals surface area contributed by atoms with Crippen LogP contribution in [0.25, 0.3) is 0 Å². The minimum Gasteiger partial charge on any atom is -0.494 e. The molecule has 6 nitrogen and oxygen atoms in total. The quantitative estimate of drug-likeness (QED) is 0.475. The molecule has 0 spiro atoms. The maximum atomic E-state index is 12.3. The van der Waals surface area contributed by atoms with Crippen molar-refractivity contribution in [3.63, 3.8) is 0 Å². The van der Waals surface area contributed by atoms with Gasteiger partial charge in [-0.25, -0.2) is 0 Å². The lowest BCUT2D eigenvalue weighted by molar-refractivity contribution is -0.150. The Labute approximate surface area is 169 Å². The summed E-state index contributed by atoms with van der Waals surface area (Å²) < 4.78 is 16.1. The highest BCUT2D eigenvalue weighted by molar-refractivity contribution is 8.00. The van der Waals surface area contributed by atoms with E-state index in [1.165, 1.54) is 18.7 Å². The van der Waals surface area contributed by atoms with E-state index in [2.05, 4.69) is 5.32 Å². The molecule has 1 amide bonds. The van der Waals surface area contributed by atoms with Crippen LogP contribution in [0.15, 0.2) is 53.4 Å². The van der Waals surface area contributed by atoms with Crippen LogP contribution in [0.2, 0.25) is 0 Å². The van der Waals surface area contributed by atoms with Crippen LogP contribution in [0.1, 0.15) is 20.8 Å². The molecular formula is C21H25NO5S. The molecule has 2 rings (SSSR count). The van der Waals surface area contributed by atoms with Crippen molar-refractivity contribution in [3.8, 4) is 11.5 Å². The molecule has 0 aromatic heterocycles. The summed E-state index contributed by atoms with van der Waals surface area (Å²) in [6.45, 7) is 6.42. The van der Waals surface area contributed by atoms with Gasteiger partial charge in [0.2, 0.25) is 0 Å². The van der Waals surface area contributed by atoms with E-state index in [4.69, 9.17) is 14.2 Å². The highest BCUT2D eigenvalue weighted by Crippen LogP contribution is 2.24. The van der Waals surface area contributed by atoms with Crippen molar-refractivity contribution in [1.29, 1.82) is 0 Å². The van der Waals surface area contributed by atoms with Crippen molar-refractivity contribution < 1.29 is 23.8 Å². The number of carbonyl (C=O) groups excluding carboxylic acids is 2. The summed E-state index contributed by atoms with van der Waals surface area (Å²) in [5.74, 6) is 0.599. The third-order valence-corrected chi connectivity index (χ3v) is 4.60. The molecule has 0 aliphatic rings. The largest absolute Gasteiger partial charge is 0.494 e. The van der Waals surface area contributed by atoms with E-state index >= 15 is 0 Å². The SMILES string of the molecule is CCOc1ccc(SCC(=O)O[C@H](C)C(=O)Nc2ccccc2OCC)cc1. The van der Waals surface area contributed by atoms with E-state index in [1.807, 2.05) is 44.2 Å². The summed E-state index contributed by atoms with van der Waals surface area (Å²) in [6.07, 6.45) is -0.914. The topological polar surface area (TPSA) is 73.9 Å². The van der Waals surface area contributed by atoms with Crippen molar-refractivity contribution in [3.05, 3.63) is 48.5 Å². The number of amides is 1. The van der Waals surface area contributed by atoms with Crippen LogP contribution in [0.5, 0.6) is 11.5 Å². The summed E-state index contributed by atoms with van der Waals surface area (Å²) in [5, 5.41) is 2.73. The summed E-state index contributed by atoms with van der Waals surface area (Å²) in [5.41, 5.74) is 0.543. The van der Waals surface area contributed by atoms with Crippen LogP contribution in [0.4, 0.5) is 5.69 Å². The summed E-state index contributed by atoms with van der Waals surface area (Å²) in [4.78, 5) is 25.3. The molecule has 1 N–H and O–H groups in total. The average Bonchev–Trinajstić information content (AvgIpc) is 2.69. The Morgan fingerprint density at radius 2 is 1.68 bits per heavy atom. The smallest absolute Gasteiger partial charge is 0.317 e. The van der Waals surface area contributed by atoms with Gasteiger partial charge in [0.25, 0.3) is 5.91 Å². The summed E-state index contributed by atoms with van der Waals surface area (Å²) >= 11 is 1.34. The number of hydrogen-bond donors (Lipinski definition) is 1. The first kappa shape index (κ1) is 21.6. The zero-order valence-corrected chi connectivity index (χ0v) is 17.1. The Morgan fingerprint density at radius 3 is 2.36 bits per heavy atom. The molecule has 28 heavy (non-hydrogen) atoms. The first-order valence-electron chi connectivity index (χ1n) is 9.11. The van der Waals surface area contributed by atoms with Gasteiger partial charge in [-0.1, -0.05) is 12.1 Å². The number of hydrogen-bond acceptors (Lipinski definition) is 6. The maximum Gasteiger partial charge on any atom is 0.317 e. The minimum atomic E-state index is -0.914. The van der Waals surface area contributed by atoms with Crippen LogP contribution in [-0.2, 0) is 14.3 Å². The molecule has 0 radical (unpaired) electrons. The van der Waals surface area contributed by atoms with Gasteiger partial charge in [0, 0.05) is 4.90 Å². The first-order valence-corrected chi connectivity index (χ1v) is 10.1. The molecule has 150 valence electrons. The van der Waals surface area contributed by atoms with E-state index in [0.717, 1.165) is 10.6 Å².